The average Bonchev–Trinajstić information content (AvgIpc) is 3.29. The van der Waals surface area contributed by atoms with E-state index >= 15 is 0 Å². The lowest BCUT2D eigenvalue weighted by Crippen LogP contribution is -2.12. The zero-order valence-corrected chi connectivity index (χ0v) is 24.2. The van der Waals surface area contributed by atoms with Crippen molar-refractivity contribution < 1.29 is 8.42 Å². The molecule has 9 nitrogen and oxygen atoms in total. The highest BCUT2D eigenvalue weighted by molar-refractivity contribution is 7.89. The Labute approximate surface area is 240 Å². The Morgan fingerprint density at radius 3 is 2.38 bits per heavy atom. The summed E-state index contributed by atoms with van der Waals surface area (Å²) in [7, 11) is -1.12. The lowest BCUT2D eigenvalue weighted by atomic mass is 10.2. The number of hydrogen-bond acceptors (Lipinski definition) is 8. The molecule has 0 fully saturated rings. The third-order valence-electron chi connectivity index (χ3n) is 6.35. The first kappa shape index (κ1) is 28.8. The summed E-state index contributed by atoms with van der Waals surface area (Å²) in [4.78, 5) is 15.9. The normalized spacial score (nSPS) is 11.2. The summed E-state index contributed by atoms with van der Waals surface area (Å²) in [6.45, 7) is 3.62. The van der Waals surface area contributed by atoms with Crippen LogP contribution in [0.15, 0.2) is 85.1 Å². The van der Waals surface area contributed by atoms with Gasteiger partial charge in [0.1, 0.15) is 5.82 Å². The minimum Gasteiger partial charge on any atom is -0.352 e. The van der Waals surface area contributed by atoms with E-state index < -0.39 is 9.84 Å². The van der Waals surface area contributed by atoms with Gasteiger partial charge in [-0.05, 0) is 54.4 Å². The zero-order chi connectivity index (χ0) is 27.4. The number of halogens is 1. The highest BCUT2D eigenvalue weighted by Gasteiger charge is 2.13. The smallest absolute Gasteiger partial charge is 0.229 e. The van der Waals surface area contributed by atoms with E-state index in [9.17, 15) is 8.42 Å². The van der Waals surface area contributed by atoms with Crippen LogP contribution in [0.1, 0.15) is 18.1 Å². The molecule has 0 spiro atoms. The summed E-state index contributed by atoms with van der Waals surface area (Å²) in [6, 6.07) is 25.5. The van der Waals surface area contributed by atoms with Gasteiger partial charge >= 0.3 is 0 Å². The van der Waals surface area contributed by atoms with Gasteiger partial charge in [-0.15, -0.1) is 12.4 Å². The van der Waals surface area contributed by atoms with Crippen LogP contribution in [0.2, 0.25) is 0 Å². The molecular weight excluding hydrogens is 546 g/mol. The number of benzene rings is 3. The number of aromatic nitrogens is 4. The van der Waals surface area contributed by atoms with Crippen LogP contribution in [0.3, 0.4) is 0 Å². The van der Waals surface area contributed by atoms with Gasteiger partial charge in [-0.25, -0.2) is 18.4 Å². The highest BCUT2D eigenvalue weighted by atomic mass is 35.5. The number of fused-ring (bicyclic) bond motifs is 1. The van der Waals surface area contributed by atoms with E-state index in [1.807, 2.05) is 48.3 Å². The van der Waals surface area contributed by atoms with Crippen molar-refractivity contribution in [1.82, 2.24) is 19.5 Å². The number of anilines is 5. The fourth-order valence-corrected chi connectivity index (χ4v) is 5.20. The van der Waals surface area contributed by atoms with E-state index in [2.05, 4.69) is 62.4 Å². The number of aryl methyl sites for hydroxylation is 1. The van der Waals surface area contributed by atoms with Crippen LogP contribution in [0, 0.1) is 0 Å². The van der Waals surface area contributed by atoms with Crippen molar-refractivity contribution in [3.8, 4) is 0 Å². The van der Waals surface area contributed by atoms with Gasteiger partial charge < -0.3 is 20.1 Å². The Hall–Kier alpha value is -4.15. The first-order valence-electron chi connectivity index (χ1n) is 12.7. The van der Waals surface area contributed by atoms with E-state index in [-0.39, 0.29) is 18.2 Å². The fraction of sp³-hybridized carbons (Fsp3) is 0.207. The number of nitrogens with zero attached hydrogens (tertiary/aromatic N) is 5. The summed E-state index contributed by atoms with van der Waals surface area (Å²) in [5, 5.41) is 6.67. The first-order chi connectivity index (χ1) is 18.8. The Morgan fingerprint density at radius 2 is 1.68 bits per heavy atom. The topological polar surface area (TPSA) is 105 Å². The molecule has 3 aromatic carbocycles. The van der Waals surface area contributed by atoms with Gasteiger partial charge in [0.2, 0.25) is 11.9 Å². The Bertz CT molecular complexity index is 1690. The Kier molecular flexibility index (Phi) is 8.91. The number of imidazole rings is 1. The van der Waals surface area contributed by atoms with Crippen LogP contribution in [0.4, 0.5) is 29.1 Å². The second-order valence-electron chi connectivity index (χ2n) is 9.38. The van der Waals surface area contributed by atoms with Crippen LogP contribution in [0.25, 0.3) is 11.0 Å². The second-order valence-corrected chi connectivity index (χ2v) is 11.5. The number of hydrogen-bond donors (Lipinski definition) is 2. The Morgan fingerprint density at radius 1 is 0.925 bits per heavy atom. The maximum Gasteiger partial charge on any atom is 0.229 e. The minimum absolute atomic E-state index is 0. The van der Waals surface area contributed by atoms with Crippen LogP contribution in [-0.2, 0) is 28.7 Å². The lowest BCUT2D eigenvalue weighted by Gasteiger charge is -2.19. The standard InChI is InChI=1S/C29H31N7O2S.ClH/c1-4-36-26-15-14-24(18-25(26)33-29(36)31-19-21-8-6-5-7-9-21)35(2)27-16-17-30-28(34-27)32-23-12-10-22(11-13-23)20-39(3,37)38;/h5-18H,4,19-20H2,1-3H3,(H,31,33)(H,30,32,34);1H. The minimum atomic E-state index is -3.08. The van der Waals surface area contributed by atoms with Crippen LogP contribution in [-0.4, -0.2) is 41.2 Å². The van der Waals surface area contributed by atoms with E-state index in [4.69, 9.17) is 4.98 Å². The van der Waals surface area contributed by atoms with E-state index in [0.29, 0.717) is 12.5 Å². The summed E-state index contributed by atoms with van der Waals surface area (Å²) in [6.07, 6.45) is 2.93. The lowest BCUT2D eigenvalue weighted by molar-refractivity contribution is 0.601. The van der Waals surface area contributed by atoms with E-state index in [1.165, 1.54) is 11.8 Å². The molecule has 208 valence electrons. The maximum absolute atomic E-state index is 11.5. The molecule has 0 aliphatic rings. The molecule has 5 aromatic rings. The molecule has 2 aromatic heterocycles. The van der Waals surface area contributed by atoms with Crippen molar-refractivity contribution in [3.05, 3.63) is 96.2 Å². The predicted molar refractivity (Wildman–Crippen MR) is 165 cm³/mol. The van der Waals surface area contributed by atoms with Crippen molar-refractivity contribution in [2.24, 2.45) is 0 Å². The maximum atomic E-state index is 11.5. The second kappa shape index (κ2) is 12.4. The van der Waals surface area contributed by atoms with Crippen molar-refractivity contribution in [2.45, 2.75) is 25.8 Å². The summed E-state index contributed by atoms with van der Waals surface area (Å²) in [5.74, 6) is 2.01. The van der Waals surface area contributed by atoms with Crippen molar-refractivity contribution in [3.63, 3.8) is 0 Å². The number of nitrogens with one attached hydrogen (secondary N) is 2. The molecular formula is C29H32ClN7O2S. The number of rotatable bonds is 10. The third kappa shape index (κ3) is 6.88. The first-order valence-corrected chi connectivity index (χ1v) is 14.7. The zero-order valence-electron chi connectivity index (χ0n) is 22.6. The molecule has 5 rings (SSSR count). The third-order valence-corrected chi connectivity index (χ3v) is 7.21. The van der Waals surface area contributed by atoms with Crippen molar-refractivity contribution in [1.29, 1.82) is 0 Å². The molecule has 0 saturated carbocycles. The van der Waals surface area contributed by atoms with Gasteiger partial charge in [0.15, 0.2) is 9.84 Å². The molecule has 0 radical (unpaired) electrons. The molecule has 40 heavy (non-hydrogen) atoms. The van der Waals surface area contributed by atoms with E-state index in [0.717, 1.165) is 46.3 Å². The summed E-state index contributed by atoms with van der Waals surface area (Å²) >= 11 is 0. The summed E-state index contributed by atoms with van der Waals surface area (Å²) < 4.78 is 25.2. The van der Waals surface area contributed by atoms with Crippen LogP contribution < -0.4 is 15.5 Å². The van der Waals surface area contributed by atoms with Gasteiger partial charge in [0, 0.05) is 44.0 Å². The monoisotopic (exact) mass is 577 g/mol. The quantitative estimate of drug-likeness (QED) is 0.210. The van der Waals surface area contributed by atoms with Gasteiger partial charge in [0.05, 0.1) is 16.8 Å². The molecule has 11 heteroatoms. The van der Waals surface area contributed by atoms with Crippen molar-refractivity contribution in [2.75, 3.05) is 28.8 Å². The predicted octanol–water partition coefficient (Wildman–Crippen LogP) is 5.94. The van der Waals surface area contributed by atoms with Crippen molar-refractivity contribution >= 4 is 62.4 Å². The van der Waals surface area contributed by atoms with Gasteiger partial charge in [-0.1, -0.05) is 42.5 Å². The molecule has 0 aliphatic carbocycles. The van der Waals surface area contributed by atoms with Gasteiger partial charge in [-0.2, -0.15) is 4.98 Å². The largest absolute Gasteiger partial charge is 0.352 e. The van der Waals surface area contributed by atoms with Gasteiger partial charge in [0.25, 0.3) is 0 Å². The molecule has 0 unspecified atom stereocenters. The molecule has 0 amide bonds. The molecule has 2 heterocycles. The van der Waals surface area contributed by atoms with Crippen LogP contribution >= 0.6 is 12.4 Å². The van der Waals surface area contributed by atoms with Crippen LogP contribution in [0.5, 0.6) is 0 Å². The Balaban J connectivity index is 0.00000370. The SMILES string of the molecule is CCn1c(NCc2ccccc2)nc2cc(N(C)c3ccnc(Nc4ccc(CS(C)(=O)=O)cc4)n3)ccc21.Cl. The molecule has 0 saturated heterocycles. The summed E-state index contributed by atoms with van der Waals surface area (Å²) in [5.41, 5.74) is 5.62. The molecule has 0 aliphatic heterocycles. The fourth-order valence-electron chi connectivity index (χ4n) is 4.40. The number of sulfone groups is 1. The molecule has 0 atom stereocenters. The van der Waals surface area contributed by atoms with E-state index in [1.54, 1.807) is 18.3 Å². The molecule has 0 bridgehead atoms. The highest BCUT2D eigenvalue weighted by Crippen LogP contribution is 2.28. The molecule has 2 N–H and O–H groups in total. The van der Waals surface area contributed by atoms with Gasteiger partial charge in [-0.3, -0.25) is 0 Å². The average molecular weight is 578 g/mol.